The fraction of sp³-hybridized carbons (Fsp3) is 0.538. The lowest BCUT2D eigenvalue weighted by Crippen LogP contribution is -2.35. The van der Waals surface area contributed by atoms with Crippen LogP contribution in [0.25, 0.3) is 0 Å². The van der Waals surface area contributed by atoms with Gasteiger partial charge in [-0.2, -0.15) is 0 Å². The summed E-state index contributed by atoms with van der Waals surface area (Å²) in [5, 5.41) is 16.3. The van der Waals surface area contributed by atoms with Crippen LogP contribution in [-0.2, 0) is 0 Å². The molecule has 1 amide bonds. The Morgan fingerprint density at radius 1 is 1.43 bits per heavy atom. The molecule has 0 atom stereocenters. The average Bonchev–Trinajstić information content (AvgIpc) is 2.50. The molecule has 0 bridgehead atoms. The van der Waals surface area contributed by atoms with Gasteiger partial charge in [0.1, 0.15) is 12.0 Å². The molecule has 0 aromatic carbocycles. The van der Waals surface area contributed by atoms with Gasteiger partial charge in [0.2, 0.25) is 0 Å². The molecule has 1 heterocycles. The van der Waals surface area contributed by atoms with Gasteiger partial charge in [0.25, 0.3) is 11.6 Å². The fourth-order valence-corrected chi connectivity index (χ4v) is 1.89. The number of aromatic nitrogens is 1. The molecule has 0 aliphatic carbocycles. The molecule has 1 rings (SSSR count). The van der Waals surface area contributed by atoms with Gasteiger partial charge in [-0.25, -0.2) is 4.98 Å². The Balaban J connectivity index is 2.76. The van der Waals surface area contributed by atoms with Crippen LogP contribution < -0.4 is 10.6 Å². The lowest BCUT2D eigenvalue weighted by atomic mass is 10.2. The van der Waals surface area contributed by atoms with E-state index < -0.39 is 4.92 Å². The van der Waals surface area contributed by atoms with E-state index in [1.54, 1.807) is 7.05 Å². The number of carbonyl (C=O) groups is 1. The first-order chi connectivity index (χ1) is 10.0. The minimum atomic E-state index is -0.570. The second kappa shape index (κ2) is 8.15. The summed E-state index contributed by atoms with van der Waals surface area (Å²) < 4.78 is 0. The number of nitrogens with one attached hydrogen (secondary N) is 2. The molecule has 0 saturated heterocycles. The number of likely N-dealkylation sites (N-methyl/N-ethyl adjacent to an activating group) is 1. The van der Waals surface area contributed by atoms with E-state index in [2.05, 4.69) is 34.4 Å². The molecule has 0 fully saturated rings. The van der Waals surface area contributed by atoms with Crippen molar-refractivity contribution in [3.05, 3.63) is 27.9 Å². The summed E-state index contributed by atoms with van der Waals surface area (Å²) in [5.41, 5.74) is -0.0332. The van der Waals surface area contributed by atoms with Gasteiger partial charge in [-0.1, -0.05) is 13.8 Å². The van der Waals surface area contributed by atoms with E-state index >= 15 is 0 Å². The third-order valence-corrected chi connectivity index (χ3v) is 3.17. The zero-order valence-electron chi connectivity index (χ0n) is 12.5. The number of amides is 1. The topological polar surface area (TPSA) is 100 Å². The Bertz CT molecular complexity index is 503. The number of carbonyl (C=O) groups excluding carboxylic acids is 1. The van der Waals surface area contributed by atoms with Gasteiger partial charge in [-0.3, -0.25) is 14.9 Å². The van der Waals surface area contributed by atoms with Crippen LogP contribution in [0.5, 0.6) is 0 Å². The molecule has 0 saturated carbocycles. The molecule has 8 nitrogen and oxygen atoms in total. The van der Waals surface area contributed by atoms with Crippen molar-refractivity contribution in [3.8, 4) is 0 Å². The number of hydrogen-bond acceptors (Lipinski definition) is 6. The number of hydrogen-bond donors (Lipinski definition) is 2. The van der Waals surface area contributed by atoms with Crippen molar-refractivity contribution in [1.29, 1.82) is 0 Å². The van der Waals surface area contributed by atoms with Gasteiger partial charge in [0.15, 0.2) is 0 Å². The summed E-state index contributed by atoms with van der Waals surface area (Å²) in [7, 11) is 1.61. The van der Waals surface area contributed by atoms with Crippen molar-refractivity contribution in [2.45, 2.75) is 13.8 Å². The van der Waals surface area contributed by atoms with Crippen molar-refractivity contribution in [2.75, 3.05) is 38.5 Å². The predicted molar refractivity (Wildman–Crippen MR) is 80.6 cm³/mol. The highest BCUT2D eigenvalue weighted by Crippen LogP contribution is 2.18. The second-order valence-electron chi connectivity index (χ2n) is 4.38. The van der Waals surface area contributed by atoms with E-state index in [9.17, 15) is 14.9 Å². The van der Waals surface area contributed by atoms with E-state index in [0.29, 0.717) is 12.4 Å². The molecule has 0 aliphatic heterocycles. The van der Waals surface area contributed by atoms with Crippen LogP contribution in [0.2, 0.25) is 0 Å². The van der Waals surface area contributed by atoms with Gasteiger partial charge in [0.05, 0.1) is 10.5 Å². The second-order valence-corrected chi connectivity index (χ2v) is 4.38. The standard InChI is InChI=1S/C13H21N5O3/c1-4-17(5-2)7-6-15-13(19)11-8-10(18(20)21)9-16-12(11)14-3/h8-9H,4-7H2,1-3H3,(H,14,16)(H,15,19). The van der Waals surface area contributed by atoms with E-state index in [-0.39, 0.29) is 17.2 Å². The lowest BCUT2D eigenvalue weighted by Gasteiger charge is -2.18. The zero-order chi connectivity index (χ0) is 15.8. The molecular formula is C13H21N5O3. The van der Waals surface area contributed by atoms with Crippen molar-refractivity contribution in [1.82, 2.24) is 15.2 Å². The van der Waals surface area contributed by atoms with Crippen molar-refractivity contribution in [3.63, 3.8) is 0 Å². The number of pyridine rings is 1. The zero-order valence-corrected chi connectivity index (χ0v) is 12.5. The number of nitrogens with zero attached hydrogens (tertiary/aromatic N) is 3. The summed E-state index contributed by atoms with van der Waals surface area (Å²) in [4.78, 5) is 28.4. The SMILES string of the molecule is CCN(CC)CCNC(=O)c1cc([N+](=O)[O-])cnc1NC. The van der Waals surface area contributed by atoms with Crippen LogP contribution in [0.15, 0.2) is 12.3 Å². The van der Waals surface area contributed by atoms with Crippen molar-refractivity contribution < 1.29 is 9.72 Å². The van der Waals surface area contributed by atoms with Gasteiger partial charge < -0.3 is 15.5 Å². The summed E-state index contributed by atoms with van der Waals surface area (Å²) >= 11 is 0. The smallest absolute Gasteiger partial charge is 0.288 e. The lowest BCUT2D eigenvalue weighted by molar-refractivity contribution is -0.385. The first-order valence-corrected chi connectivity index (χ1v) is 6.86. The van der Waals surface area contributed by atoms with E-state index in [1.165, 1.54) is 6.07 Å². The number of nitro groups is 1. The van der Waals surface area contributed by atoms with Crippen LogP contribution in [0.1, 0.15) is 24.2 Å². The molecule has 2 N–H and O–H groups in total. The maximum absolute atomic E-state index is 12.1. The molecule has 8 heteroatoms. The first kappa shape index (κ1) is 16.8. The van der Waals surface area contributed by atoms with E-state index in [4.69, 9.17) is 0 Å². The molecule has 0 aliphatic rings. The van der Waals surface area contributed by atoms with Crippen LogP contribution in [0.3, 0.4) is 0 Å². The number of anilines is 1. The van der Waals surface area contributed by atoms with Gasteiger partial charge in [-0.15, -0.1) is 0 Å². The quantitative estimate of drug-likeness (QED) is 0.550. The van der Waals surface area contributed by atoms with E-state index in [0.717, 1.165) is 25.8 Å². The van der Waals surface area contributed by atoms with Crippen LogP contribution in [0, 0.1) is 10.1 Å². The summed E-state index contributed by atoms with van der Waals surface area (Å²) in [5.74, 6) is -0.0522. The van der Waals surface area contributed by atoms with Crippen LogP contribution in [0.4, 0.5) is 11.5 Å². The van der Waals surface area contributed by atoms with Gasteiger partial charge in [-0.05, 0) is 13.1 Å². The first-order valence-electron chi connectivity index (χ1n) is 6.86. The van der Waals surface area contributed by atoms with Gasteiger partial charge in [0, 0.05) is 26.2 Å². The molecule has 0 unspecified atom stereocenters. The van der Waals surface area contributed by atoms with Crippen molar-refractivity contribution >= 4 is 17.4 Å². The predicted octanol–water partition coefficient (Wildman–Crippen LogP) is 1.10. The molecular weight excluding hydrogens is 274 g/mol. The normalized spacial score (nSPS) is 10.5. The van der Waals surface area contributed by atoms with E-state index in [1.807, 2.05) is 0 Å². The summed E-state index contributed by atoms with van der Waals surface area (Å²) in [6, 6.07) is 1.23. The van der Waals surface area contributed by atoms with Crippen LogP contribution >= 0.6 is 0 Å². The summed E-state index contributed by atoms with van der Waals surface area (Å²) in [6.45, 7) is 7.13. The third-order valence-electron chi connectivity index (χ3n) is 3.17. The number of rotatable bonds is 8. The Kier molecular flexibility index (Phi) is 6.54. The minimum Gasteiger partial charge on any atom is -0.372 e. The highest BCUT2D eigenvalue weighted by molar-refractivity contribution is 5.99. The summed E-state index contributed by atoms with van der Waals surface area (Å²) in [6.07, 6.45) is 1.12. The van der Waals surface area contributed by atoms with Crippen LogP contribution in [-0.4, -0.2) is 53.9 Å². The molecule has 21 heavy (non-hydrogen) atoms. The molecule has 1 aromatic heterocycles. The Labute approximate surface area is 123 Å². The fourth-order valence-electron chi connectivity index (χ4n) is 1.89. The van der Waals surface area contributed by atoms with Crippen molar-refractivity contribution in [2.24, 2.45) is 0 Å². The molecule has 0 spiro atoms. The Hall–Kier alpha value is -2.22. The maximum atomic E-state index is 12.1. The highest BCUT2D eigenvalue weighted by atomic mass is 16.6. The molecule has 1 aromatic rings. The largest absolute Gasteiger partial charge is 0.372 e. The monoisotopic (exact) mass is 295 g/mol. The Morgan fingerprint density at radius 3 is 2.62 bits per heavy atom. The highest BCUT2D eigenvalue weighted by Gasteiger charge is 2.17. The van der Waals surface area contributed by atoms with Gasteiger partial charge >= 0.3 is 0 Å². The Morgan fingerprint density at radius 2 is 2.10 bits per heavy atom. The average molecular weight is 295 g/mol. The maximum Gasteiger partial charge on any atom is 0.288 e. The minimum absolute atomic E-state index is 0.172. The third kappa shape index (κ3) is 4.67. The molecule has 116 valence electrons. The molecule has 0 radical (unpaired) electrons.